The van der Waals surface area contributed by atoms with E-state index >= 15 is 0 Å². The Morgan fingerprint density at radius 2 is 1.62 bits per heavy atom. The smallest absolute Gasteiger partial charge is 0.251 e. The zero-order valence-corrected chi connectivity index (χ0v) is 16.1. The van der Waals surface area contributed by atoms with Gasteiger partial charge in [-0.1, -0.05) is 72.3 Å². The molecule has 0 radical (unpaired) electrons. The monoisotopic (exact) mass is 400 g/mol. The van der Waals surface area contributed by atoms with Crippen molar-refractivity contribution in [1.29, 1.82) is 0 Å². The second kappa shape index (κ2) is 8.54. The summed E-state index contributed by atoms with van der Waals surface area (Å²) in [6.07, 6.45) is 5.08. The molecule has 0 saturated carbocycles. The van der Waals surface area contributed by atoms with Gasteiger partial charge in [0.25, 0.3) is 5.95 Å². The van der Waals surface area contributed by atoms with Gasteiger partial charge in [0.05, 0.1) is 18.1 Å². The number of hydrogen-bond acceptors (Lipinski definition) is 4. The van der Waals surface area contributed by atoms with E-state index in [2.05, 4.69) is 15.1 Å². The first-order chi connectivity index (χ1) is 14.2. The molecule has 4 aromatic rings. The highest BCUT2D eigenvalue weighted by Crippen LogP contribution is 2.24. The van der Waals surface area contributed by atoms with Crippen molar-refractivity contribution in [2.45, 2.75) is 0 Å². The topological polar surface area (TPSA) is 62.8 Å². The number of rotatable bonds is 5. The van der Waals surface area contributed by atoms with E-state index in [1.54, 1.807) is 23.0 Å². The highest BCUT2D eigenvalue weighted by Gasteiger charge is 2.08. The van der Waals surface area contributed by atoms with Crippen LogP contribution in [0.3, 0.4) is 0 Å². The minimum Gasteiger partial charge on any atom is -0.507 e. The van der Waals surface area contributed by atoms with E-state index in [0.717, 1.165) is 16.8 Å². The molecule has 0 aliphatic rings. The third kappa shape index (κ3) is 4.59. The van der Waals surface area contributed by atoms with Crippen molar-refractivity contribution >= 4 is 30.0 Å². The molecule has 1 heterocycles. The average Bonchev–Trinajstić information content (AvgIpc) is 3.17. The summed E-state index contributed by atoms with van der Waals surface area (Å²) >= 11 is 6.01. The first kappa shape index (κ1) is 18.7. The van der Waals surface area contributed by atoms with E-state index in [0.29, 0.717) is 16.5 Å². The van der Waals surface area contributed by atoms with E-state index in [4.69, 9.17) is 11.6 Å². The van der Waals surface area contributed by atoms with Crippen molar-refractivity contribution in [3.63, 3.8) is 0 Å². The summed E-state index contributed by atoms with van der Waals surface area (Å²) < 4.78 is 1.60. The highest BCUT2D eigenvalue weighted by atomic mass is 35.5. The molecular formula is C23H17ClN4O. The van der Waals surface area contributed by atoms with Crippen LogP contribution in [0.2, 0.25) is 5.02 Å². The van der Waals surface area contributed by atoms with E-state index in [9.17, 15) is 5.11 Å². The number of phenols is 1. The lowest BCUT2D eigenvalue weighted by Crippen LogP contribution is -1.90. The van der Waals surface area contributed by atoms with E-state index in [1.165, 1.54) is 12.3 Å². The minimum atomic E-state index is 0.0901. The average molecular weight is 401 g/mol. The van der Waals surface area contributed by atoms with Gasteiger partial charge in [-0.15, -0.1) is 0 Å². The van der Waals surface area contributed by atoms with Crippen molar-refractivity contribution in [2.75, 3.05) is 0 Å². The molecule has 142 valence electrons. The van der Waals surface area contributed by atoms with Crippen molar-refractivity contribution < 1.29 is 5.11 Å². The molecule has 0 amide bonds. The van der Waals surface area contributed by atoms with Crippen molar-refractivity contribution in [2.24, 2.45) is 10.1 Å². The molecular weight excluding hydrogens is 384 g/mol. The standard InChI is InChI=1S/C23H17ClN4O/c24-20-11-12-22(29)19(13-20)15-25-23-27-21(18-9-5-2-6-10-18)16-28(23)26-14-17-7-3-1-4-8-17/h1-16,29H/b25-15+,26-14-. The number of aromatic nitrogens is 2. The Balaban J connectivity index is 1.72. The van der Waals surface area contributed by atoms with Crippen LogP contribution in [0.1, 0.15) is 11.1 Å². The van der Waals surface area contributed by atoms with E-state index in [1.807, 2.05) is 66.9 Å². The van der Waals surface area contributed by atoms with Gasteiger partial charge < -0.3 is 5.11 Å². The molecule has 0 spiro atoms. The summed E-state index contributed by atoms with van der Waals surface area (Å²) in [5.41, 5.74) is 3.17. The van der Waals surface area contributed by atoms with Gasteiger partial charge in [0.1, 0.15) is 5.75 Å². The third-order valence-corrected chi connectivity index (χ3v) is 4.41. The van der Waals surface area contributed by atoms with Crippen LogP contribution >= 0.6 is 11.6 Å². The molecule has 0 saturated heterocycles. The van der Waals surface area contributed by atoms with Crippen LogP contribution in [0.25, 0.3) is 11.3 Å². The largest absolute Gasteiger partial charge is 0.507 e. The maximum atomic E-state index is 10.0. The van der Waals surface area contributed by atoms with Gasteiger partial charge in [0.15, 0.2) is 0 Å². The number of nitrogens with zero attached hydrogens (tertiary/aromatic N) is 4. The van der Waals surface area contributed by atoms with E-state index in [-0.39, 0.29) is 5.75 Å². The maximum absolute atomic E-state index is 10.0. The Hall–Kier alpha value is -3.70. The predicted molar refractivity (Wildman–Crippen MR) is 117 cm³/mol. The molecule has 1 aromatic heterocycles. The van der Waals surface area contributed by atoms with Gasteiger partial charge >= 0.3 is 0 Å². The first-order valence-electron chi connectivity index (χ1n) is 8.96. The van der Waals surface area contributed by atoms with Crippen molar-refractivity contribution in [1.82, 2.24) is 9.66 Å². The Morgan fingerprint density at radius 3 is 2.38 bits per heavy atom. The molecule has 0 unspecified atom stereocenters. The van der Waals surface area contributed by atoms with Crippen LogP contribution in [0.15, 0.2) is 95.2 Å². The lowest BCUT2D eigenvalue weighted by atomic mass is 10.2. The van der Waals surface area contributed by atoms with E-state index < -0.39 is 0 Å². The second-order valence-corrected chi connectivity index (χ2v) is 6.69. The summed E-state index contributed by atoms with van der Waals surface area (Å²) in [6.45, 7) is 0. The van der Waals surface area contributed by atoms with Crippen molar-refractivity contribution in [3.05, 3.63) is 101 Å². The SMILES string of the molecule is Oc1ccc(Cl)cc1/C=N/c1nc(-c2ccccc2)cn1/N=C\c1ccccc1. The number of hydrogen-bond donors (Lipinski definition) is 1. The molecule has 0 fully saturated rings. The Morgan fingerprint density at radius 1 is 0.897 bits per heavy atom. The number of aromatic hydroxyl groups is 1. The molecule has 3 aromatic carbocycles. The minimum absolute atomic E-state index is 0.0901. The molecule has 0 aliphatic heterocycles. The number of phenolic OH excluding ortho intramolecular Hbond substituents is 1. The molecule has 0 bridgehead atoms. The molecule has 6 heteroatoms. The zero-order chi connectivity index (χ0) is 20.1. The fourth-order valence-electron chi connectivity index (χ4n) is 2.71. The van der Waals surface area contributed by atoms with Gasteiger partial charge in [-0.3, -0.25) is 0 Å². The van der Waals surface area contributed by atoms with Crippen LogP contribution in [0.5, 0.6) is 5.75 Å². The fraction of sp³-hybridized carbons (Fsp3) is 0. The van der Waals surface area contributed by atoms with Crippen LogP contribution in [0, 0.1) is 0 Å². The number of benzene rings is 3. The third-order valence-electron chi connectivity index (χ3n) is 4.18. The fourth-order valence-corrected chi connectivity index (χ4v) is 2.89. The molecule has 1 N–H and O–H groups in total. The lowest BCUT2D eigenvalue weighted by molar-refractivity contribution is 0.474. The number of aliphatic imine (C=N–C) groups is 1. The summed E-state index contributed by atoms with van der Waals surface area (Å²) in [6, 6.07) is 24.4. The van der Waals surface area contributed by atoms with Gasteiger partial charge in [-0.2, -0.15) is 5.10 Å². The predicted octanol–water partition coefficient (Wildman–Crippen LogP) is 5.54. The molecule has 4 rings (SSSR count). The lowest BCUT2D eigenvalue weighted by Gasteiger charge is -1.99. The van der Waals surface area contributed by atoms with Crippen LogP contribution in [-0.4, -0.2) is 27.2 Å². The van der Waals surface area contributed by atoms with Crippen LogP contribution < -0.4 is 0 Å². The maximum Gasteiger partial charge on any atom is 0.251 e. The van der Waals surface area contributed by atoms with Gasteiger partial charge in [-0.05, 0) is 23.8 Å². The molecule has 29 heavy (non-hydrogen) atoms. The zero-order valence-electron chi connectivity index (χ0n) is 15.4. The Labute approximate surface area is 173 Å². The summed E-state index contributed by atoms with van der Waals surface area (Å²) in [7, 11) is 0. The van der Waals surface area contributed by atoms with Crippen molar-refractivity contribution in [3.8, 4) is 17.0 Å². The molecule has 5 nitrogen and oxygen atoms in total. The van der Waals surface area contributed by atoms with Crippen LogP contribution in [0.4, 0.5) is 5.95 Å². The second-order valence-electron chi connectivity index (χ2n) is 6.25. The quantitative estimate of drug-likeness (QED) is 0.447. The summed E-state index contributed by atoms with van der Waals surface area (Å²) in [4.78, 5) is 9.03. The van der Waals surface area contributed by atoms with Gasteiger partial charge in [-0.25, -0.2) is 14.7 Å². The van der Waals surface area contributed by atoms with Gasteiger partial charge in [0.2, 0.25) is 0 Å². The summed E-state index contributed by atoms with van der Waals surface area (Å²) in [5.74, 6) is 0.475. The number of halogens is 1. The Kier molecular flexibility index (Phi) is 5.49. The molecule has 0 aliphatic carbocycles. The first-order valence-corrected chi connectivity index (χ1v) is 9.34. The normalized spacial score (nSPS) is 11.5. The van der Waals surface area contributed by atoms with Gasteiger partial charge in [0, 0.05) is 22.4 Å². The highest BCUT2D eigenvalue weighted by molar-refractivity contribution is 6.30. The number of imidazole rings is 1. The van der Waals surface area contributed by atoms with Crippen LogP contribution in [-0.2, 0) is 0 Å². The summed E-state index contributed by atoms with van der Waals surface area (Å²) in [5, 5.41) is 15.0. The molecule has 0 atom stereocenters. The Bertz CT molecular complexity index is 1170.